The standard InChI is InChI=1S/C11H6ClF2N3O3/c12-6-4-16(15-11(6)17(19)20)5-9(18)10-7(13)2-1-3-8(10)14/h1-4H,5H2. The van der Waals surface area contributed by atoms with Crippen molar-refractivity contribution in [2.75, 3.05) is 0 Å². The number of benzene rings is 1. The maximum Gasteiger partial charge on any atom is 0.408 e. The summed E-state index contributed by atoms with van der Waals surface area (Å²) in [4.78, 5) is 21.5. The van der Waals surface area contributed by atoms with E-state index in [0.717, 1.165) is 29.1 Å². The molecule has 20 heavy (non-hydrogen) atoms. The number of carbonyl (C=O) groups excluding carboxylic acids is 1. The lowest BCUT2D eigenvalue weighted by Gasteiger charge is -2.02. The second kappa shape index (κ2) is 5.33. The topological polar surface area (TPSA) is 78.0 Å². The van der Waals surface area contributed by atoms with E-state index < -0.39 is 40.3 Å². The summed E-state index contributed by atoms with van der Waals surface area (Å²) < 4.78 is 27.6. The zero-order valence-electron chi connectivity index (χ0n) is 9.72. The van der Waals surface area contributed by atoms with Crippen LogP contribution >= 0.6 is 11.6 Å². The highest BCUT2D eigenvalue weighted by atomic mass is 35.5. The molecule has 2 rings (SSSR count). The van der Waals surface area contributed by atoms with Crippen molar-refractivity contribution in [3.05, 3.63) is 56.7 Å². The Morgan fingerprint density at radius 1 is 1.40 bits per heavy atom. The number of rotatable bonds is 4. The van der Waals surface area contributed by atoms with Crippen LogP contribution in [0.3, 0.4) is 0 Å². The van der Waals surface area contributed by atoms with Crippen molar-refractivity contribution in [2.45, 2.75) is 6.54 Å². The van der Waals surface area contributed by atoms with Crippen molar-refractivity contribution in [1.29, 1.82) is 0 Å². The van der Waals surface area contributed by atoms with E-state index in [-0.39, 0.29) is 5.02 Å². The van der Waals surface area contributed by atoms with Gasteiger partial charge in [0, 0.05) is 0 Å². The molecule has 0 aliphatic carbocycles. The zero-order valence-corrected chi connectivity index (χ0v) is 10.5. The van der Waals surface area contributed by atoms with E-state index in [1.165, 1.54) is 0 Å². The molecule has 0 saturated carbocycles. The molecular formula is C11H6ClF2N3O3. The predicted octanol–water partition coefficient (Wildman–Crippen LogP) is 2.61. The number of hydrogen-bond acceptors (Lipinski definition) is 4. The van der Waals surface area contributed by atoms with Crippen LogP contribution in [0, 0.1) is 21.7 Å². The molecule has 0 radical (unpaired) electrons. The normalized spacial score (nSPS) is 10.6. The first-order valence-corrected chi connectivity index (χ1v) is 5.62. The van der Waals surface area contributed by atoms with E-state index in [1.54, 1.807) is 0 Å². The summed E-state index contributed by atoms with van der Waals surface area (Å²) in [5.41, 5.74) is -0.721. The molecule has 9 heteroatoms. The van der Waals surface area contributed by atoms with Gasteiger partial charge in [-0.25, -0.2) is 8.78 Å². The minimum atomic E-state index is -1.01. The number of nitrogens with zero attached hydrogens (tertiary/aromatic N) is 3. The smallest absolute Gasteiger partial charge is 0.358 e. The largest absolute Gasteiger partial charge is 0.408 e. The van der Waals surface area contributed by atoms with Crippen LogP contribution in [-0.2, 0) is 6.54 Å². The fraction of sp³-hybridized carbons (Fsp3) is 0.0909. The molecular weight excluding hydrogens is 296 g/mol. The zero-order chi connectivity index (χ0) is 14.9. The van der Waals surface area contributed by atoms with Crippen LogP contribution in [-0.4, -0.2) is 20.5 Å². The monoisotopic (exact) mass is 301 g/mol. The van der Waals surface area contributed by atoms with Crippen molar-refractivity contribution < 1.29 is 18.5 Å². The number of halogens is 3. The molecule has 0 amide bonds. The summed E-state index contributed by atoms with van der Waals surface area (Å²) in [5.74, 6) is -3.56. The minimum Gasteiger partial charge on any atom is -0.358 e. The lowest BCUT2D eigenvalue weighted by Crippen LogP contribution is -2.14. The summed E-state index contributed by atoms with van der Waals surface area (Å²) in [5, 5.41) is 13.7. The third kappa shape index (κ3) is 2.64. The number of nitro groups is 1. The van der Waals surface area contributed by atoms with Gasteiger partial charge in [0.15, 0.2) is 10.8 Å². The molecule has 0 N–H and O–H groups in total. The molecule has 6 nitrogen and oxygen atoms in total. The van der Waals surface area contributed by atoms with E-state index in [2.05, 4.69) is 5.10 Å². The van der Waals surface area contributed by atoms with Crippen molar-refractivity contribution in [3.8, 4) is 0 Å². The molecule has 0 fully saturated rings. The Labute approximate surface area is 115 Å². The Bertz CT molecular complexity index is 682. The summed E-state index contributed by atoms with van der Waals surface area (Å²) in [6.07, 6.45) is 1.04. The number of aromatic nitrogens is 2. The lowest BCUT2D eigenvalue weighted by molar-refractivity contribution is -0.389. The molecule has 1 aromatic heterocycles. The van der Waals surface area contributed by atoms with Gasteiger partial charge in [0.05, 0.1) is 16.9 Å². The van der Waals surface area contributed by atoms with E-state index in [4.69, 9.17) is 11.6 Å². The second-order valence-electron chi connectivity index (χ2n) is 3.78. The lowest BCUT2D eigenvalue weighted by atomic mass is 10.1. The average molecular weight is 302 g/mol. The van der Waals surface area contributed by atoms with Crippen LogP contribution in [0.25, 0.3) is 0 Å². The molecule has 0 spiro atoms. The maximum atomic E-state index is 13.4. The molecule has 0 aliphatic rings. The van der Waals surface area contributed by atoms with Crippen molar-refractivity contribution in [2.24, 2.45) is 0 Å². The van der Waals surface area contributed by atoms with E-state index in [0.29, 0.717) is 0 Å². The van der Waals surface area contributed by atoms with Gasteiger partial charge in [-0.05, 0) is 17.1 Å². The highest BCUT2D eigenvalue weighted by Crippen LogP contribution is 2.22. The highest BCUT2D eigenvalue weighted by molar-refractivity contribution is 6.32. The van der Waals surface area contributed by atoms with Crippen LogP contribution in [0.5, 0.6) is 0 Å². The quantitative estimate of drug-likeness (QED) is 0.494. The van der Waals surface area contributed by atoms with Crippen molar-refractivity contribution in [3.63, 3.8) is 0 Å². The molecule has 1 heterocycles. The first-order chi connectivity index (χ1) is 9.40. The van der Waals surface area contributed by atoms with E-state index >= 15 is 0 Å². The van der Waals surface area contributed by atoms with Crippen LogP contribution < -0.4 is 0 Å². The van der Waals surface area contributed by atoms with Crippen LogP contribution in [0.1, 0.15) is 10.4 Å². The van der Waals surface area contributed by atoms with Crippen molar-refractivity contribution >= 4 is 23.2 Å². The van der Waals surface area contributed by atoms with Gasteiger partial charge in [0.2, 0.25) is 0 Å². The number of ketones is 1. The maximum absolute atomic E-state index is 13.4. The summed E-state index contributed by atoms with van der Waals surface area (Å²) in [6, 6.07) is 3.00. The minimum absolute atomic E-state index is 0.267. The van der Waals surface area contributed by atoms with Gasteiger partial charge in [-0.1, -0.05) is 17.7 Å². The second-order valence-corrected chi connectivity index (χ2v) is 4.18. The number of Topliss-reactive ketones (excluding diaryl/α,β-unsaturated/α-hetero) is 1. The molecule has 0 unspecified atom stereocenters. The molecule has 2 aromatic rings. The van der Waals surface area contributed by atoms with Crippen LogP contribution in [0.4, 0.5) is 14.6 Å². The van der Waals surface area contributed by atoms with Gasteiger partial charge < -0.3 is 10.1 Å². The third-order valence-electron chi connectivity index (χ3n) is 2.42. The van der Waals surface area contributed by atoms with Gasteiger partial charge in [-0.15, -0.1) is 0 Å². The third-order valence-corrected chi connectivity index (χ3v) is 2.69. The SMILES string of the molecule is O=C(Cn1cc(Cl)c([N+](=O)[O-])n1)c1c(F)cccc1F. The fourth-order valence-corrected chi connectivity index (χ4v) is 1.80. The Morgan fingerprint density at radius 2 is 2.00 bits per heavy atom. The van der Waals surface area contributed by atoms with Crippen LogP contribution in [0.2, 0.25) is 5.02 Å². The van der Waals surface area contributed by atoms with E-state index in [9.17, 15) is 23.7 Å². The highest BCUT2D eigenvalue weighted by Gasteiger charge is 2.23. The van der Waals surface area contributed by atoms with Gasteiger partial charge in [0.25, 0.3) is 0 Å². The van der Waals surface area contributed by atoms with E-state index in [1.807, 2.05) is 0 Å². The molecule has 104 valence electrons. The number of hydrogen-bond donors (Lipinski definition) is 0. The predicted molar refractivity (Wildman–Crippen MR) is 64.6 cm³/mol. The molecule has 0 bridgehead atoms. The Kier molecular flexibility index (Phi) is 3.75. The first kappa shape index (κ1) is 14.1. The molecule has 0 atom stereocenters. The average Bonchev–Trinajstić information content (AvgIpc) is 2.70. The first-order valence-electron chi connectivity index (χ1n) is 5.24. The Hall–Kier alpha value is -2.35. The van der Waals surface area contributed by atoms with Gasteiger partial charge >= 0.3 is 5.82 Å². The van der Waals surface area contributed by atoms with Gasteiger partial charge in [-0.3, -0.25) is 4.79 Å². The summed E-state index contributed by atoms with van der Waals surface area (Å²) >= 11 is 5.55. The summed E-state index contributed by atoms with van der Waals surface area (Å²) in [6.45, 7) is -0.564. The Morgan fingerprint density at radius 3 is 2.50 bits per heavy atom. The summed E-state index contributed by atoms with van der Waals surface area (Å²) in [7, 11) is 0. The fourth-order valence-electron chi connectivity index (χ4n) is 1.58. The van der Waals surface area contributed by atoms with Crippen LogP contribution in [0.15, 0.2) is 24.4 Å². The van der Waals surface area contributed by atoms with Gasteiger partial charge in [-0.2, -0.15) is 4.68 Å². The molecule has 0 aliphatic heterocycles. The molecule has 1 aromatic carbocycles. The number of carbonyl (C=O) groups is 1. The molecule has 0 saturated heterocycles. The van der Waals surface area contributed by atoms with Gasteiger partial charge in [0.1, 0.15) is 18.2 Å². The van der Waals surface area contributed by atoms with Crippen molar-refractivity contribution in [1.82, 2.24) is 9.78 Å². The Balaban J connectivity index is 2.28.